The predicted octanol–water partition coefficient (Wildman–Crippen LogP) is 5.48. The van der Waals surface area contributed by atoms with Crippen LogP contribution >= 0.6 is 59.4 Å². The number of halogens is 4. The summed E-state index contributed by atoms with van der Waals surface area (Å²) in [5.41, 5.74) is 4.71. The van der Waals surface area contributed by atoms with E-state index in [1.807, 2.05) is 13.8 Å². The van der Waals surface area contributed by atoms with Crippen LogP contribution in [0.4, 0.5) is 0 Å². The molecule has 1 amide bonds. The van der Waals surface area contributed by atoms with Gasteiger partial charge in [-0.3, -0.25) is 4.79 Å². The number of rotatable bonds is 5. The molecule has 5 nitrogen and oxygen atoms in total. The average molecular weight is 569 g/mol. The Morgan fingerprint density at radius 2 is 1.85 bits per heavy atom. The molecule has 0 atom stereocenters. The molecule has 2 aromatic rings. The Labute approximate surface area is 181 Å². The quantitative estimate of drug-likeness (QED) is 0.370. The van der Waals surface area contributed by atoms with Crippen molar-refractivity contribution < 1.29 is 14.6 Å². The number of nitrogens with zero attached hydrogens (tertiary/aromatic N) is 1. The second-order valence-electron chi connectivity index (χ2n) is 5.37. The number of nitrogens with one attached hydrogen (secondary N) is 1. The van der Waals surface area contributed by atoms with Crippen molar-refractivity contribution in [1.82, 2.24) is 5.43 Å². The number of benzene rings is 2. The molecule has 9 heteroatoms. The number of hydrogen-bond donors (Lipinski definition) is 2. The van der Waals surface area contributed by atoms with Gasteiger partial charge in [0.1, 0.15) is 11.5 Å². The summed E-state index contributed by atoms with van der Waals surface area (Å²) in [5.74, 6) is 0.185. The molecular weight excluding hydrogens is 555 g/mol. The maximum atomic E-state index is 11.9. The molecular formula is C17H14Br3ClN2O3. The highest BCUT2D eigenvalue weighted by atomic mass is 79.9. The summed E-state index contributed by atoms with van der Waals surface area (Å²) >= 11 is 16.0. The highest BCUT2D eigenvalue weighted by Gasteiger charge is 2.12. The zero-order chi connectivity index (χ0) is 19.4. The molecule has 26 heavy (non-hydrogen) atoms. The van der Waals surface area contributed by atoms with Crippen molar-refractivity contribution in [3.63, 3.8) is 0 Å². The van der Waals surface area contributed by atoms with Crippen LogP contribution in [0.15, 0.2) is 36.7 Å². The summed E-state index contributed by atoms with van der Waals surface area (Å²) in [6.45, 7) is 3.55. The number of carbonyl (C=O) groups excluding carboxylic acids is 1. The molecule has 0 aliphatic rings. The topological polar surface area (TPSA) is 70.9 Å². The van der Waals surface area contributed by atoms with E-state index in [9.17, 15) is 9.90 Å². The van der Waals surface area contributed by atoms with Gasteiger partial charge in [0, 0.05) is 15.1 Å². The van der Waals surface area contributed by atoms with Gasteiger partial charge in [0.15, 0.2) is 6.61 Å². The van der Waals surface area contributed by atoms with E-state index in [4.69, 9.17) is 16.3 Å². The molecule has 0 spiro atoms. The molecule has 0 unspecified atom stereocenters. The second kappa shape index (κ2) is 9.21. The molecule has 0 saturated heterocycles. The van der Waals surface area contributed by atoms with E-state index in [1.165, 1.54) is 6.21 Å². The SMILES string of the molecule is Cc1cc(OCC(=O)N/N=C\c2c(Br)cc(Br)c(O)c2Br)cc(C)c1Cl. The molecule has 0 radical (unpaired) electrons. The number of phenols is 1. The van der Waals surface area contributed by atoms with Crippen LogP contribution < -0.4 is 10.2 Å². The van der Waals surface area contributed by atoms with Crippen molar-refractivity contribution in [2.75, 3.05) is 6.61 Å². The van der Waals surface area contributed by atoms with E-state index in [-0.39, 0.29) is 12.4 Å². The fourth-order valence-corrected chi connectivity index (χ4v) is 4.49. The van der Waals surface area contributed by atoms with Gasteiger partial charge in [-0.25, -0.2) is 5.43 Å². The molecule has 0 bridgehead atoms. The molecule has 0 heterocycles. The number of hydrazone groups is 1. The third-order valence-electron chi connectivity index (χ3n) is 3.34. The summed E-state index contributed by atoms with van der Waals surface area (Å²) in [4.78, 5) is 11.9. The summed E-state index contributed by atoms with van der Waals surface area (Å²) in [7, 11) is 0. The van der Waals surface area contributed by atoms with Gasteiger partial charge in [0.05, 0.1) is 15.2 Å². The smallest absolute Gasteiger partial charge is 0.277 e. The van der Waals surface area contributed by atoms with Crippen molar-refractivity contribution in [2.45, 2.75) is 13.8 Å². The molecule has 0 saturated carbocycles. The Balaban J connectivity index is 1.97. The minimum atomic E-state index is -0.417. The number of aryl methyl sites for hydroxylation is 2. The summed E-state index contributed by atoms with van der Waals surface area (Å²) in [6, 6.07) is 5.22. The summed E-state index contributed by atoms with van der Waals surface area (Å²) in [6.07, 6.45) is 1.41. The third kappa shape index (κ3) is 5.22. The van der Waals surface area contributed by atoms with Crippen LogP contribution in [0.3, 0.4) is 0 Å². The Kier molecular flexibility index (Phi) is 7.52. The Hall–Kier alpha value is -1.09. The lowest BCUT2D eigenvalue weighted by atomic mass is 10.1. The lowest BCUT2D eigenvalue weighted by Gasteiger charge is -2.09. The average Bonchev–Trinajstić information content (AvgIpc) is 2.58. The van der Waals surface area contributed by atoms with Gasteiger partial charge in [-0.1, -0.05) is 27.5 Å². The fourth-order valence-electron chi connectivity index (χ4n) is 2.05. The van der Waals surface area contributed by atoms with Crippen LogP contribution in [-0.4, -0.2) is 23.8 Å². The van der Waals surface area contributed by atoms with Crippen LogP contribution in [0.25, 0.3) is 0 Å². The largest absolute Gasteiger partial charge is 0.506 e. The van der Waals surface area contributed by atoms with Crippen molar-refractivity contribution in [1.29, 1.82) is 0 Å². The number of phenolic OH excluding ortho intramolecular Hbond substituents is 1. The Bertz CT molecular complexity index is 865. The minimum absolute atomic E-state index is 0.0396. The van der Waals surface area contributed by atoms with Gasteiger partial charge in [0.25, 0.3) is 5.91 Å². The lowest BCUT2D eigenvalue weighted by molar-refractivity contribution is -0.123. The molecule has 2 rings (SSSR count). The van der Waals surface area contributed by atoms with E-state index in [0.29, 0.717) is 29.8 Å². The van der Waals surface area contributed by atoms with Gasteiger partial charge in [0.2, 0.25) is 0 Å². The van der Waals surface area contributed by atoms with E-state index >= 15 is 0 Å². The summed E-state index contributed by atoms with van der Waals surface area (Å²) in [5, 5.41) is 14.5. The maximum absolute atomic E-state index is 11.9. The minimum Gasteiger partial charge on any atom is -0.506 e. The first-order valence-electron chi connectivity index (χ1n) is 7.28. The van der Waals surface area contributed by atoms with Gasteiger partial charge in [-0.05, 0) is 75.0 Å². The number of carbonyl (C=O) groups is 1. The van der Waals surface area contributed by atoms with Crippen LogP contribution in [0.5, 0.6) is 11.5 Å². The van der Waals surface area contributed by atoms with E-state index in [0.717, 1.165) is 11.1 Å². The molecule has 138 valence electrons. The van der Waals surface area contributed by atoms with E-state index < -0.39 is 5.91 Å². The highest BCUT2D eigenvalue weighted by molar-refractivity contribution is 9.11. The van der Waals surface area contributed by atoms with Gasteiger partial charge < -0.3 is 9.84 Å². The zero-order valence-corrected chi connectivity index (χ0v) is 19.3. The van der Waals surface area contributed by atoms with Gasteiger partial charge in [-0.2, -0.15) is 5.10 Å². The van der Waals surface area contributed by atoms with E-state index in [2.05, 4.69) is 58.3 Å². The summed E-state index contributed by atoms with van der Waals surface area (Å²) < 4.78 is 7.12. The monoisotopic (exact) mass is 566 g/mol. The molecule has 0 aromatic heterocycles. The zero-order valence-electron chi connectivity index (χ0n) is 13.7. The van der Waals surface area contributed by atoms with Gasteiger partial charge in [-0.15, -0.1) is 0 Å². The normalized spacial score (nSPS) is 11.0. The first kappa shape index (κ1) is 21.2. The van der Waals surface area contributed by atoms with E-state index in [1.54, 1.807) is 18.2 Å². The van der Waals surface area contributed by atoms with Crippen LogP contribution in [0.1, 0.15) is 16.7 Å². The van der Waals surface area contributed by atoms with Crippen molar-refractivity contribution in [2.24, 2.45) is 5.10 Å². The second-order valence-corrected chi connectivity index (χ2v) is 8.25. The lowest BCUT2D eigenvalue weighted by Crippen LogP contribution is -2.24. The highest BCUT2D eigenvalue weighted by Crippen LogP contribution is 2.38. The van der Waals surface area contributed by atoms with Crippen molar-refractivity contribution >= 4 is 71.5 Å². The third-order valence-corrected chi connectivity index (χ3v) is 6.00. The van der Waals surface area contributed by atoms with Crippen molar-refractivity contribution in [3.8, 4) is 11.5 Å². The first-order chi connectivity index (χ1) is 12.2. The Morgan fingerprint density at radius 3 is 2.46 bits per heavy atom. The molecule has 2 aromatic carbocycles. The standard InChI is InChI=1S/C17H14Br3ClN2O3/c1-8-3-10(4-9(2)16(8)21)26-7-14(24)23-22-6-11-12(18)5-13(19)17(25)15(11)20/h3-6,25H,7H2,1-2H3,(H,23,24)/b22-6-. The predicted molar refractivity (Wildman–Crippen MR) is 113 cm³/mol. The fraction of sp³-hybridized carbons (Fsp3) is 0.176. The number of amides is 1. The van der Waals surface area contributed by atoms with Gasteiger partial charge >= 0.3 is 0 Å². The number of aromatic hydroxyl groups is 1. The first-order valence-corrected chi connectivity index (χ1v) is 10.0. The van der Waals surface area contributed by atoms with Crippen LogP contribution in [-0.2, 0) is 4.79 Å². The van der Waals surface area contributed by atoms with Crippen LogP contribution in [0, 0.1) is 13.8 Å². The molecule has 0 fully saturated rings. The molecule has 0 aliphatic carbocycles. The maximum Gasteiger partial charge on any atom is 0.277 e. The van der Waals surface area contributed by atoms with Crippen molar-refractivity contribution in [3.05, 3.63) is 53.3 Å². The molecule has 2 N–H and O–H groups in total. The Morgan fingerprint density at radius 1 is 1.23 bits per heavy atom. The number of hydrogen-bond acceptors (Lipinski definition) is 4. The molecule has 0 aliphatic heterocycles. The number of ether oxygens (including phenoxy) is 1. The van der Waals surface area contributed by atoms with Crippen LogP contribution in [0.2, 0.25) is 5.02 Å².